The number of nitrogens with one attached hydrogen (secondary N) is 4. The van der Waals surface area contributed by atoms with Crippen molar-refractivity contribution in [2.75, 3.05) is 65.5 Å². The second-order valence-electron chi connectivity index (χ2n) is 11.0. The van der Waals surface area contributed by atoms with Crippen LogP contribution in [0.25, 0.3) is 0 Å². The van der Waals surface area contributed by atoms with Crippen LogP contribution in [-0.4, -0.2) is 123 Å². The maximum absolute atomic E-state index is 13.6. The van der Waals surface area contributed by atoms with Crippen LogP contribution < -0.4 is 55.7 Å². The van der Waals surface area contributed by atoms with Gasteiger partial charge in [0, 0.05) is 26.2 Å². The Morgan fingerprint density at radius 1 is 0.622 bits per heavy atom. The van der Waals surface area contributed by atoms with Crippen molar-refractivity contribution in [3.63, 3.8) is 0 Å². The maximum atomic E-state index is 13.6. The van der Waals surface area contributed by atoms with Crippen LogP contribution in [-0.2, 0) is 24.0 Å². The first-order valence-electron chi connectivity index (χ1n) is 15.9. The van der Waals surface area contributed by atoms with Crippen molar-refractivity contribution < 1.29 is 29.1 Å². The highest BCUT2D eigenvalue weighted by Gasteiger charge is 2.28. The van der Waals surface area contributed by atoms with Gasteiger partial charge in [-0.2, -0.15) is 0 Å². The van der Waals surface area contributed by atoms with E-state index in [0.717, 1.165) is 6.42 Å². The molecule has 17 heteroatoms. The van der Waals surface area contributed by atoms with Gasteiger partial charge in [-0.3, -0.25) is 24.0 Å². The Labute approximate surface area is 266 Å². The van der Waals surface area contributed by atoms with Crippen LogP contribution in [0, 0.1) is 5.92 Å². The van der Waals surface area contributed by atoms with E-state index in [1.165, 1.54) is 0 Å². The zero-order valence-corrected chi connectivity index (χ0v) is 26.6. The van der Waals surface area contributed by atoms with Gasteiger partial charge < -0.3 is 65.7 Å². The van der Waals surface area contributed by atoms with Gasteiger partial charge in [-0.25, -0.2) is 0 Å². The van der Waals surface area contributed by atoms with E-state index in [2.05, 4.69) is 21.3 Å². The monoisotopic (exact) mass is 645 g/mol. The summed E-state index contributed by atoms with van der Waals surface area (Å²) in [6.45, 7) is 1.14. The number of nitrogens with two attached hydrogens (primary N) is 6. The number of rotatable bonds is 27. The molecular formula is C28H59N11O6. The molecule has 0 aliphatic carbocycles. The standard InChI is InChI=1S/C28H59N11O6/c29-10-3-1-8-21(33)25(42)37-18-24(41)35-16-20(28(45)39(15-7-13-32)14-6-5-12-31)17-36-27(44)23(19-40)38-26(43)22(34)9-2-4-11-30/h20-23,40H,1-19,29-34H2,(H,35,41)(H,36,44)(H,37,42)(H,38,43)/t20?,21-,22?,23?/m0/s1. The molecule has 0 spiro atoms. The first-order valence-corrected chi connectivity index (χ1v) is 15.9. The summed E-state index contributed by atoms with van der Waals surface area (Å²) in [7, 11) is 0. The van der Waals surface area contributed by atoms with E-state index in [9.17, 15) is 29.1 Å². The first kappa shape index (κ1) is 42.1. The van der Waals surface area contributed by atoms with Crippen LogP contribution in [0.5, 0.6) is 0 Å². The third kappa shape index (κ3) is 19.2. The average molecular weight is 646 g/mol. The fourth-order valence-corrected chi connectivity index (χ4v) is 4.26. The molecule has 0 aromatic heterocycles. The van der Waals surface area contributed by atoms with Gasteiger partial charge >= 0.3 is 0 Å². The number of hydrogen-bond donors (Lipinski definition) is 11. The van der Waals surface area contributed by atoms with Gasteiger partial charge in [0.25, 0.3) is 0 Å². The predicted molar refractivity (Wildman–Crippen MR) is 172 cm³/mol. The lowest BCUT2D eigenvalue weighted by molar-refractivity contribution is -0.136. The molecule has 45 heavy (non-hydrogen) atoms. The molecule has 0 aromatic rings. The molecule has 0 saturated carbocycles. The highest BCUT2D eigenvalue weighted by Crippen LogP contribution is 2.07. The summed E-state index contributed by atoms with van der Waals surface area (Å²) in [5.74, 6) is -3.60. The number of amides is 5. The van der Waals surface area contributed by atoms with E-state index in [-0.39, 0.29) is 25.5 Å². The Morgan fingerprint density at radius 3 is 1.69 bits per heavy atom. The number of carbonyl (C=O) groups is 5. The van der Waals surface area contributed by atoms with Crippen LogP contribution in [0.3, 0.4) is 0 Å². The quantitative estimate of drug-likeness (QED) is 0.0375. The molecule has 0 radical (unpaired) electrons. The lowest BCUT2D eigenvalue weighted by atomic mass is 10.1. The minimum Gasteiger partial charge on any atom is -0.394 e. The van der Waals surface area contributed by atoms with E-state index in [1.54, 1.807) is 4.90 Å². The van der Waals surface area contributed by atoms with Gasteiger partial charge in [-0.15, -0.1) is 0 Å². The van der Waals surface area contributed by atoms with Crippen molar-refractivity contribution >= 4 is 29.5 Å². The number of unbranched alkanes of at least 4 members (excludes halogenated alkanes) is 3. The van der Waals surface area contributed by atoms with Crippen molar-refractivity contribution in [2.45, 2.75) is 75.9 Å². The Bertz CT molecular complexity index is 867. The Morgan fingerprint density at radius 2 is 1.13 bits per heavy atom. The van der Waals surface area contributed by atoms with Crippen LogP contribution in [0.15, 0.2) is 0 Å². The van der Waals surface area contributed by atoms with E-state index >= 15 is 0 Å². The third-order valence-corrected chi connectivity index (χ3v) is 7.09. The van der Waals surface area contributed by atoms with Crippen LogP contribution >= 0.6 is 0 Å². The molecule has 3 unspecified atom stereocenters. The van der Waals surface area contributed by atoms with Crippen molar-refractivity contribution in [3.05, 3.63) is 0 Å². The molecule has 0 aliphatic heterocycles. The van der Waals surface area contributed by atoms with Gasteiger partial charge in [-0.1, -0.05) is 12.8 Å². The summed E-state index contributed by atoms with van der Waals surface area (Å²) in [4.78, 5) is 65.3. The molecule has 262 valence electrons. The van der Waals surface area contributed by atoms with Crippen LogP contribution in [0.4, 0.5) is 0 Å². The summed E-state index contributed by atoms with van der Waals surface area (Å²) in [5, 5.41) is 19.9. The number of carbonyl (C=O) groups excluding carboxylic acids is 5. The Balaban J connectivity index is 5.43. The van der Waals surface area contributed by atoms with E-state index < -0.39 is 54.3 Å². The predicted octanol–water partition coefficient (Wildman–Crippen LogP) is -4.74. The van der Waals surface area contributed by atoms with Crippen molar-refractivity contribution in [1.82, 2.24) is 26.2 Å². The summed E-state index contributed by atoms with van der Waals surface area (Å²) in [5.41, 5.74) is 34.0. The number of aliphatic hydroxyl groups excluding tert-OH is 1. The normalized spacial score (nSPS) is 13.7. The summed E-state index contributed by atoms with van der Waals surface area (Å²) in [6.07, 6.45) is 5.43. The lowest BCUT2D eigenvalue weighted by Gasteiger charge is -2.28. The van der Waals surface area contributed by atoms with Gasteiger partial charge in [-0.05, 0) is 71.1 Å². The fraction of sp³-hybridized carbons (Fsp3) is 0.821. The van der Waals surface area contributed by atoms with E-state index in [1.807, 2.05) is 0 Å². The second-order valence-corrected chi connectivity index (χ2v) is 11.0. The van der Waals surface area contributed by atoms with Crippen LogP contribution in [0.1, 0.15) is 57.8 Å². The molecule has 5 amide bonds. The van der Waals surface area contributed by atoms with E-state index in [0.29, 0.717) is 90.6 Å². The third-order valence-electron chi connectivity index (χ3n) is 7.09. The number of aliphatic hydroxyl groups is 1. The summed E-state index contributed by atoms with van der Waals surface area (Å²) in [6, 6.07) is -2.96. The molecule has 0 rings (SSSR count). The number of hydrogen-bond acceptors (Lipinski definition) is 12. The molecule has 0 bridgehead atoms. The fourth-order valence-electron chi connectivity index (χ4n) is 4.26. The highest BCUT2D eigenvalue weighted by molar-refractivity contribution is 5.90. The molecule has 17 nitrogen and oxygen atoms in total. The molecule has 0 heterocycles. The van der Waals surface area contributed by atoms with Crippen molar-refractivity contribution in [1.29, 1.82) is 0 Å². The maximum Gasteiger partial charge on any atom is 0.245 e. The minimum absolute atomic E-state index is 0.158. The van der Waals surface area contributed by atoms with Crippen molar-refractivity contribution in [3.8, 4) is 0 Å². The Hall–Kier alpha value is -2.93. The molecular weight excluding hydrogens is 586 g/mol. The molecule has 0 aliphatic rings. The SMILES string of the molecule is NCCCCC(N)C(=O)NC(CO)C(=O)NCC(CNC(=O)CNC(=O)[C@@H](N)CCCCN)C(=O)N(CCCN)CCCCN. The summed E-state index contributed by atoms with van der Waals surface area (Å²) >= 11 is 0. The largest absolute Gasteiger partial charge is 0.394 e. The molecule has 0 aromatic carbocycles. The minimum atomic E-state index is -1.30. The van der Waals surface area contributed by atoms with Gasteiger partial charge in [0.1, 0.15) is 6.04 Å². The second kappa shape index (κ2) is 26.3. The van der Waals surface area contributed by atoms with Gasteiger partial charge in [0.2, 0.25) is 29.5 Å². The number of nitrogens with zero attached hydrogens (tertiary/aromatic N) is 1. The zero-order valence-electron chi connectivity index (χ0n) is 26.6. The molecule has 17 N–H and O–H groups in total. The lowest BCUT2D eigenvalue weighted by Crippen LogP contribution is -2.55. The van der Waals surface area contributed by atoms with E-state index in [4.69, 9.17) is 34.4 Å². The zero-order chi connectivity index (χ0) is 34.0. The molecule has 0 saturated heterocycles. The van der Waals surface area contributed by atoms with Crippen LogP contribution in [0.2, 0.25) is 0 Å². The van der Waals surface area contributed by atoms with Gasteiger partial charge in [0.15, 0.2) is 0 Å². The van der Waals surface area contributed by atoms with Gasteiger partial charge in [0.05, 0.1) is 31.2 Å². The first-order chi connectivity index (χ1) is 21.6. The summed E-state index contributed by atoms with van der Waals surface area (Å²) < 4.78 is 0. The average Bonchev–Trinajstić information content (AvgIpc) is 3.03. The Kier molecular flexibility index (Phi) is 24.6. The smallest absolute Gasteiger partial charge is 0.245 e. The van der Waals surface area contributed by atoms with Crippen molar-refractivity contribution in [2.24, 2.45) is 40.3 Å². The topological polar surface area (TPSA) is 313 Å². The highest BCUT2D eigenvalue weighted by atomic mass is 16.3. The molecule has 0 fully saturated rings. The molecule has 4 atom stereocenters.